The van der Waals surface area contributed by atoms with Crippen LogP contribution in [0.15, 0.2) is 52.9 Å². The maximum Gasteiger partial charge on any atom is 0.286 e. The zero-order valence-electron chi connectivity index (χ0n) is 19.3. The Labute approximate surface area is 218 Å². The minimum Gasteiger partial charge on any atom is -0.459 e. The van der Waals surface area contributed by atoms with E-state index in [1.807, 2.05) is 42.6 Å². The van der Waals surface area contributed by atoms with Crippen molar-refractivity contribution in [1.82, 2.24) is 5.32 Å². The maximum atomic E-state index is 13.0. The summed E-state index contributed by atoms with van der Waals surface area (Å²) >= 11 is 3.89. The molecule has 0 aliphatic carbocycles. The fourth-order valence-electron chi connectivity index (χ4n) is 3.76. The van der Waals surface area contributed by atoms with E-state index in [-0.39, 0.29) is 30.1 Å². The first-order valence-corrected chi connectivity index (χ1v) is 13.5. The molecule has 0 fully saturated rings. The summed E-state index contributed by atoms with van der Waals surface area (Å²) in [5.74, 6) is 0.0134. The molecule has 2 heterocycles. The smallest absolute Gasteiger partial charge is 0.286 e. The van der Waals surface area contributed by atoms with Crippen LogP contribution in [0.3, 0.4) is 0 Å². The molecule has 1 aliphatic heterocycles. The van der Waals surface area contributed by atoms with Crippen molar-refractivity contribution in [2.45, 2.75) is 32.1 Å². The van der Waals surface area contributed by atoms with Gasteiger partial charge in [0, 0.05) is 35.2 Å². The number of halogens is 1. The Morgan fingerprint density at radius 2 is 1.91 bits per heavy atom. The highest BCUT2D eigenvalue weighted by Gasteiger charge is 2.38. The number of benzene rings is 1. The van der Waals surface area contributed by atoms with E-state index < -0.39 is 6.29 Å². The van der Waals surface area contributed by atoms with Crippen molar-refractivity contribution >= 4 is 39.8 Å². The molecule has 3 rings (SSSR count). The number of thiophene rings is 1. The fourth-order valence-corrected chi connectivity index (χ4v) is 4.83. The molecule has 1 aromatic carbocycles. The molecule has 2 aromatic rings. The quantitative estimate of drug-likeness (QED) is 0.251. The minimum atomic E-state index is -0.548. The predicted octanol–water partition coefficient (Wildman–Crippen LogP) is 4.06. The minimum absolute atomic E-state index is 0.000610. The molecular weight excluding hydrogens is 569 g/mol. The molecule has 186 valence electrons. The van der Waals surface area contributed by atoms with E-state index in [9.17, 15) is 4.79 Å². The first kappa shape index (κ1) is 27.1. The largest absolute Gasteiger partial charge is 0.459 e. The van der Waals surface area contributed by atoms with Gasteiger partial charge in [-0.3, -0.25) is 4.79 Å². The number of hydrogen-bond donors (Lipinski definition) is 2. The topological polar surface area (TPSA) is 86.3 Å². The lowest BCUT2D eigenvalue weighted by Crippen LogP contribution is -2.39. The summed E-state index contributed by atoms with van der Waals surface area (Å²) in [6.45, 7) is 4.55. The summed E-state index contributed by atoms with van der Waals surface area (Å²) in [6, 6.07) is 10.1. The van der Waals surface area contributed by atoms with Crippen LogP contribution in [0.2, 0.25) is 0 Å². The third-order valence-corrected chi connectivity index (χ3v) is 6.86. The number of aliphatic hydroxyl groups excluding tert-OH is 1. The average Bonchev–Trinajstić information content (AvgIpc) is 3.38. The molecule has 2 N–H and O–H groups in total. The normalized spacial score (nSPS) is 20.0. The Hall–Kier alpha value is -1.50. The van der Waals surface area contributed by atoms with E-state index in [1.165, 1.54) is 0 Å². The Bertz CT molecular complexity index is 889. The number of nitrogens with one attached hydrogen (secondary N) is 1. The molecule has 9 heteroatoms. The van der Waals surface area contributed by atoms with Crippen molar-refractivity contribution in [2.75, 3.05) is 39.6 Å². The molecule has 1 amide bonds. The van der Waals surface area contributed by atoms with Gasteiger partial charge < -0.3 is 29.4 Å². The van der Waals surface area contributed by atoms with Gasteiger partial charge in [-0.15, -0.1) is 0 Å². The lowest BCUT2D eigenvalue weighted by Gasteiger charge is -2.36. The van der Waals surface area contributed by atoms with Crippen molar-refractivity contribution in [2.24, 2.45) is 5.92 Å². The van der Waals surface area contributed by atoms with Crippen molar-refractivity contribution in [3.05, 3.63) is 67.6 Å². The van der Waals surface area contributed by atoms with Crippen molar-refractivity contribution in [1.29, 1.82) is 0 Å². The number of aliphatic hydroxyl groups is 1. The van der Waals surface area contributed by atoms with Crippen LogP contribution >= 0.6 is 33.9 Å². The highest BCUT2D eigenvalue weighted by Crippen LogP contribution is 2.39. The SMILES string of the molecule is CCO[C@H]1OC(C(=O)NCc2ccc(I)cc2)=C[C@@H](c2ccsc2)[C@H]1CCOCCOCCO. The van der Waals surface area contributed by atoms with Crippen LogP contribution in [0.5, 0.6) is 0 Å². The molecule has 0 saturated heterocycles. The molecule has 1 aliphatic rings. The van der Waals surface area contributed by atoms with Gasteiger partial charge in [-0.05, 0) is 82.1 Å². The Balaban J connectivity index is 1.67. The van der Waals surface area contributed by atoms with Crippen LogP contribution in [0.1, 0.15) is 30.4 Å². The van der Waals surface area contributed by atoms with Crippen LogP contribution in [0.4, 0.5) is 0 Å². The Kier molecular flexibility index (Phi) is 11.8. The maximum absolute atomic E-state index is 13.0. The summed E-state index contributed by atoms with van der Waals surface area (Å²) in [5, 5.41) is 15.9. The Morgan fingerprint density at radius 3 is 2.59 bits per heavy atom. The van der Waals surface area contributed by atoms with E-state index in [1.54, 1.807) is 11.3 Å². The molecule has 34 heavy (non-hydrogen) atoms. The van der Waals surface area contributed by atoms with Crippen LogP contribution in [0.25, 0.3) is 0 Å². The predicted molar refractivity (Wildman–Crippen MR) is 139 cm³/mol. The second kappa shape index (κ2) is 14.8. The Morgan fingerprint density at radius 1 is 1.15 bits per heavy atom. The standard InChI is InChI=1S/C25H32INO6S/c1-2-32-25-21(7-10-30-12-13-31-11-9-28)22(19-8-14-34-17-19)15-23(33-25)24(29)27-16-18-3-5-20(26)6-4-18/h3-6,8,14-15,17,21-22,25,28H,2,7,9-13,16H2,1H3,(H,27,29)/t21-,22+,25+/m1/s1. The number of allylic oxidation sites excluding steroid dienone is 1. The van der Waals surface area contributed by atoms with E-state index in [0.717, 1.165) is 14.7 Å². The molecular formula is C25H32INO6S. The van der Waals surface area contributed by atoms with Crippen molar-refractivity contribution < 1.29 is 28.8 Å². The molecule has 1 aromatic heterocycles. The number of hydrogen-bond acceptors (Lipinski definition) is 7. The second-order valence-electron chi connectivity index (χ2n) is 7.76. The number of carbonyl (C=O) groups is 1. The summed E-state index contributed by atoms with van der Waals surface area (Å²) in [5.41, 5.74) is 2.16. The van der Waals surface area contributed by atoms with Crippen LogP contribution in [-0.2, 0) is 30.3 Å². The van der Waals surface area contributed by atoms with Gasteiger partial charge in [-0.1, -0.05) is 12.1 Å². The number of carbonyl (C=O) groups excluding carboxylic acids is 1. The third kappa shape index (κ3) is 8.31. The van der Waals surface area contributed by atoms with Crippen molar-refractivity contribution in [3.63, 3.8) is 0 Å². The molecule has 3 atom stereocenters. The number of amides is 1. The second-order valence-corrected chi connectivity index (χ2v) is 9.79. The van der Waals surface area contributed by atoms with E-state index in [0.29, 0.717) is 46.0 Å². The molecule has 0 saturated carbocycles. The first-order chi connectivity index (χ1) is 16.6. The van der Waals surface area contributed by atoms with Gasteiger partial charge in [0.25, 0.3) is 5.91 Å². The lowest BCUT2D eigenvalue weighted by atomic mass is 9.82. The van der Waals surface area contributed by atoms with E-state index in [2.05, 4.69) is 39.4 Å². The zero-order valence-corrected chi connectivity index (χ0v) is 22.3. The molecule has 0 unspecified atom stereocenters. The first-order valence-electron chi connectivity index (χ1n) is 11.4. The third-order valence-electron chi connectivity index (χ3n) is 5.44. The van der Waals surface area contributed by atoms with Gasteiger partial charge in [0.1, 0.15) is 0 Å². The monoisotopic (exact) mass is 601 g/mol. The van der Waals surface area contributed by atoms with Crippen LogP contribution in [-0.4, -0.2) is 56.9 Å². The summed E-state index contributed by atoms with van der Waals surface area (Å²) in [6.07, 6.45) is 2.07. The van der Waals surface area contributed by atoms with E-state index >= 15 is 0 Å². The lowest BCUT2D eigenvalue weighted by molar-refractivity contribution is -0.168. The molecule has 7 nitrogen and oxygen atoms in total. The average molecular weight is 602 g/mol. The van der Waals surface area contributed by atoms with Gasteiger partial charge in [-0.25, -0.2) is 0 Å². The van der Waals surface area contributed by atoms with Gasteiger partial charge >= 0.3 is 0 Å². The molecule has 0 spiro atoms. The molecule has 0 radical (unpaired) electrons. The summed E-state index contributed by atoms with van der Waals surface area (Å²) in [7, 11) is 0. The van der Waals surface area contributed by atoms with E-state index in [4.69, 9.17) is 24.1 Å². The number of ether oxygens (including phenoxy) is 4. The highest BCUT2D eigenvalue weighted by atomic mass is 127. The zero-order chi connectivity index (χ0) is 24.2. The van der Waals surface area contributed by atoms with Gasteiger partial charge in [-0.2, -0.15) is 11.3 Å². The fraction of sp³-hybridized carbons (Fsp3) is 0.480. The van der Waals surface area contributed by atoms with Crippen molar-refractivity contribution in [3.8, 4) is 0 Å². The van der Waals surface area contributed by atoms with Crippen LogP contribution in [0, 0.1) is 9.49 Å². The van der Waals surface area contributed by atoms with Gasteiger partial charge in [0.15, 0.2) is 5.76 Å². The van der Waals surface area contributed by atoms with Gasteiger partial charge in [0.05, 0.1) is 26.4 Å². The van der Waals surface area contributed by atoms with Crippen LogP contribution < -0.4 is 5.32 Å². The summed E-state index contributed by atoms with van der Waals surface area (Å²) in [4.78, 5) is 13.0. The number of rotatable bonds is 14. The molecule has 0 bridgehead atoms. The highest BCUT2D eigenvalue weighted by molar-refractivity contribution is 14.1. The van der Waals surface area contributed by atoms with Gasteiger partial charge in [0.2, 0.25) is 6.29 Å². The summed E-state index contributed by atoms with van der Waals surface area (Å²) < 4.78 is 24.1.